The van der Waals surface area contributed by atoms with Crippen molar-refractivity contribution in [3.05, 3.63) is 82.3 Å². The fraction of sp³-hybridized carbons (Fsp3) is 0.280. The van der Waals surface area contributed by atoms with Crippen LogP contribution in [0, 0.1) is 0 Å². The minimum Gasteiger partial charge on any atom is -0.335 e. The SMILES string of the molecule is CCC1c2ccsc2CCN1C(=O)CSc1nnc(-c2ccncc2)n1Cc1ccccc1. The zero-order valence-corrected chi connectivity index (χ0v) is 20.1. The molecular weight excluding hydrogens is 450 g/mol. The predicted molar refractivity (Wildman–Crippen MR) is 132 cm³/mol. The van der Waals surface area contributed by atoms with Crippen LogP contribution in [0.2, 0.25) is 0 Å². The van der Waals surface area contributed by atoms with Gasteiger partial charge in [0, 0.05) is 29.4 Å². The molecule has 0 radical (unpaired) electrons. The van der Waals surface area contributed by atoms with Gasteiger partial charge in [-0.3, -0.25) is 14.3 Å². The van der Waals surface area contributed by atoms with E-state index < -0.39 is 0 Å². The molecule has 0 saturated carbocycles. The van der Waals surface area contributed by atoms with Gasteiger partial charge in [-0.15, -0.1) is 21.5 Å². The minimum atomic E-state index is 0.156. The van der Waals surface area contributed by atoms with E-state index >= 15 is 0 Å². The minimum absolute atomic E-state index is 0.156. The Kier molecular flexibility index (Phi) is 6.55. The number of rotatable bonds is 7. The van der Waals surface area contributed by atoms with Gasteiger partial charge < -0.3 is 4.90 Å². The Balaban J connectivity index is 1.37. The monoisotopic (exact) mass is 475 g/mol. The molecule has 6 nitrogen and oxygen atoms in total. The number of thiophene rings is 1. The maximum atomic E-state index is 13.3. The van der Waals surface area contributed by atoms with Crippen LogP contribution in [0.5, 0.6) is 0 Å². The van der Waals surface area contributed by atoms with Crippen LogP contribution in [0.15, 0.2) is 71.5 Å². The Labute approximate surface area is 201 Å². The quantitative estimate of drug-likeness (QED) is 0.349. The van der Waals surface area contributed by atoms with Gasteiger partial charge in [0.1, 0.15) is 0 Å². The van der Waals surface area contributed by atoms with Crippen molar-refractivity contribution in [2.24, 2.45) is 0 Å². The molecule has 1 aliphatic heterocycles. The van der Waals surface area contributed by atoms with Crippen molar-refractivity contribution in [2.75, 3.05) is 12.3 Å². The van der Waals surface area contributed by atoms with Crippen LogP contribution in [-0.2, 0) is 17.8 Å². The number of hydrogen-bond donors (Lipinski definition) is 0. The molecule has 4 aromatic rings. The second kappa shape index (κ2) is 9.89. The van der Waals surface area contributed by atoms with Crippen LogP contribution in [0.25, 0.3) is 11.4 Å². The average Bonchev–Trinajstić information content (AvgIpc) is 3.50. The molecule has 1 atom stereocenters. The molecule has 1 amide bonds. The van der Waals surface area contributed by atoms with E-state index in [1.54, 1.807) is 23.7 Å². The van der Waals surface area contributed by atoms with Crippen LogP contribution in [0.3, 0.4) is 0 Å². The van der Waals surface area contributed by atoms with Gasteiger partial charge in [0.25, 0.3) is 0 Å². The van der Waals surface area contributed by atoms with Crippen LogP contribution < -0.4 is 0 Å². The molecule has 1 unspecified atom stereocenters. The summed E-state index contributed by atoms with van der Waals surface area (Å²) < 4.78 is 2.09. The Morgan fingerprint density at radius 2 is 1.94 bits per heavy atom. The lowest BCUT2D eigenvalue weighted by Crippen LogP contribution is -2.40. The summed E-state index contributed by atoms with van der Waals surface area (Å²) in [5.74, 6) is 1.28. The van der Waals surface area contributed by atoms with Gasteiger partial charge in [-0.25, -0.2) is 0 Å². The molecule has 0 spiro atoms. The van der Waals surface area contributed by atoms with E-state index in [2.05, 4.69) is 50.3 Å². The van der Waals surface area contributed by atoms with Crippen LogP contribution in [-0.4, -0.2) is 42.9 Å². The molecule has 0 N–H and O–H groups in total. The van der Waals surface area contributed by atoms with Gasteiger partial charge in [-0.2, -0.15) is 0 Å². The number of carbonyl (C=O) groups excluding carboxylic acids is 1. The van der Waals surface area contributed by atoms with E-state index in [-0.39, 0.29) is 11.9 Å². The summed E-state index contributed by atoms with van der Waals surface area (Å²) in [6.07, 6.45) is 5.38. The van der Waals surface area contributed by atoms with Crippen molar-refractivity contribution in [1.82, 2.24) is 24.6 Å². The molecule has 8 heteroatoms. The number of aromatic nitrogens is 4. The van der Waals surface area contributed by atoms with E-state index in [1.165, 1.54) is 22.2 Å². The molecule has 4 heterocycles. The third-order valence-corrected chi connectivity index (χ3v) is 7.91. The van der Waals surface area contributed by atoms with E-state index in [9.17, 15) is 4.79 Å². The fourth-order valence-corrected chi connectivity index (χ4v) is 6.11. The molecular formula is C25H25N5OS2. The van der Waals surface area contributed by atoms with Gasteiger partial charge in [0.2, 0.25) is 5.91 Å². The van der Waals surface area contributed by atoms with Crippen molar-refractivity contribution >= 4 is 29.0 Å². The van der Waals surface area contributed by atoms with Crippen molar-refractivity contribution in [3.63, 3.8) is 0 Å². The summed E-state index contributed by atoms with van der Waals surface area (Å²) in [5, 5.41) is 11.8. The highest BCUT2D eigenvalue weighted by atomic mass is 32.2. The van der Waals surface area contributed by atoms with Gasteiger partial charge in [-0.05, 0) is 47.5 Å². The van der Waals surface area contributed by atoms with Gasteiger partial charge in [-0.1, -0.05) is 49.0 Å². The first-order valence-corrected chi connectivity index (χ1v) is 13.0. The lowest BCUT2D eigenvalue weighted by Gasteiger charge is -2.35. The van der Waals surface area contributed by atoms with Crippen molar-refractivity contribution in [3.8, 4) is 11.4 Å². The molecule has 0 saturated heterocycles. The highest BCUT2D eigenvalue weighted by Gasteiger charge is 2.30. The van der Waals surface area contributed by atoms with Gasteiger partial charge in [0.05, 0.1) is 18.3 Å². The number of nitrogens with zero attached hydrogens (tertiary/aromatic N) is 5. The first-order chi connectivity index (χ1) is 16.2. The number of benzene rings is 1. The lowest BCUT2D eigenvalue weighted by atomic mass is 9.98. The molecule has 33 heavy (non-hydrogen) atoms. The number of hydrogen-bond acceptors (Lipinski definition) is 6. The first kappa shape index (κ1) is 21.9. The summed E-state index contributed by atoms with van der Waals surface area (Å²) in [4.78, 5) is 20.8. The summed E-state index contributed by atoms with van der Waals surface area (Å²) >= 11 is 3.27. The highest BCUT2D eigenvalue weighted by molar-refractivity contribution is 7.99. The third kappa shape index (κ3) is 4.58. The highest BCUT2D eigenvalue weighted by Crippen LogP contribution is 2.36. The number of fused-ring (bicyclic) bond motifs is 1. The van der Waals surface area contributed by atoms with Gasteiger partial charge >= 0.3 is 0 Å². The van der Waals surface area contributed by atoms with E-state index in [0.717, 1.165) is 41.5 Å². The largest absolute Gasteiger partial charge is 0.335 e. The van der Waals surface area contributed by atoms with E-state index in [4.69, 9.17) is 0 Å². The zero-order chi connectivity index (χ0) is 22.6. The van der Waals surface area contributed by atoms with Crippen LogP contribution in [0.4, 0.5) is 0 Å². The predicted octanol–water partition coefficient (Wildman–Crippen LogP) is 5.08. The second-order valence-corrected chi connectivity index (χ2v) is 9.91. The summed E-state index contributed by atoms with van der Waals surface area (Å²) in [6, 6.07) is 16.5. The van der Waals surface area contributed by atoms with E-state index in [1.807, 2.05) is 35.2 Å². The maximum Gasteiger partial charge on any atom is 0.233 e. The molecule has 1 aliphatic rings. The topological polar surface area (TPSA) is 63.9 Å². The molecule has 168 valence electrons. The molecule has 0 bridgehead atoms. The van der Waals surface area contributed by atoms with Crippen molar-refractivity contribution in [2.45, 2.75) is 37.5 Å². The molecule has 0 aliphatic carbocycles. The number of pyridine rings is 1. The normalized spacial score (nSPS) is 15.4. The number of amides is 1. The van der Waals surface area contributed by atoms with Crippen molar-refractivity contribution in [1.29, 1.82) is 0 Å². The Morgan fingerprint density at radius 3 is 2.73 bits per heavy atom. The standard InChI is InChI=1S/C25H25N5OS2/c1-2-21-20-11-15-32-22(20)10-14-29(21)23(31)17-33-25-28-27-24(19-8-12-26-13-9-19)30(25)16-18-6-4-3-5-7-18/h3-9,11-13,15,21H,2,10,14,16-17H2,1H3. The first-order valence-electron chi connectivity index (χ1n) is 11.1. The van der Waals surface area contributed by atoms with Crippen LogP contribution >= 0.6 is 23.1 Å². The second-order valence-electron chi connectivity index (χ2n) is 7.96. The van der Waals surface area contributed by atoms with Crippen LogP contribution in [0.1, 0.15) is 35.4 Å². The number of thioether (sulfide) groups is 1. The molecule has 3 aromatic heterocycles. The van der Waals surface area contributed by atoms with Crippen molar-refractivity contribution < 1.29 is 4.79 Å². The fourth-order valence-electron chi connectivity index (χ4n) is 4.36. The maximum absolute atomic E-state index is 13.3. The van der Waals surface area contributed by atoms with E-state index in [0.29, 0.717) is 12.3 Å². The third-order valence-electron chi connectivity index (χ3n) is 5.97. The van der Waals surface area contributed by atoms with Gasteiger partial charge in [0.15, 0.2) is 11.0 Å². The summed E-state index contributed by atoms with van der Waals surface area (Å²) in [6.45, 7) is 3.58. The Morgan fingerprint density at radius 1 is 1.12 bits per heavy atom. The smallest absolute Gasteiger partial charge is 0.233 e. The number of carbonyl (C=O) groups is 1. The Bertz CT molecular complexity index is 1220. The Hall–Kier alpha value is -2.97. The molecule has 1 aromatic carbocycles. The zero-order valence-electron chi connectivity index (χ0n) is 18.4. The summed E-state index contributed by atoms with van der Waals surface area (Å²) in [7, 11) is 0. The molecule has 5 rings (SSSR count). The molecule has 0 fully saturated rings. The average molecular weight is 476 g/mol. The summed E-state index contributed by atoms with van der Waals surface area (Å²) in [5.41, 5.74) is 3.44. The lowest BCUT2D eigenvalue weighted by molar-refractivity contribution is -0.131.